The molecule has 0 saturated heterocycles. The van der Waals surface area contributed by atoms with Crippen LogP contribution in [0.4, 0.5) is 5.95 Å². The van der Waals surface area contributed by atoms with E-state index in [-0.39, 0.29) is 0 Å². The van der Waals surface area contributed by atoms with Gasteiger partial charge in [0.05, 0.1) is 33.3 Å². The maximum Gasteiger partial charge on any atom is 0.205 e. The number of pyridine rings is 1. The predicted octanol–water partition coefficient (Wildman–Crippen LogP) is 4.75. The number of nitrogens with one attached hydrogen (secondary N) is 2. The van der Waals surface area contributed by atoms with Crippen molar-refractivity contribution in [2.75, 3.05) is 18.0 Å². The van der Waals surface area contributed by atoms with Crippen LogP contribution in [0.3, 0.4) is 0 Å². The van der Waals surface area contributed by atoms with Gasteiger partial charge in [0.25, 0.3) is 0 Å². The Kier molecular flexibility index (Phi) is 5.14. The molecule has 6 nitrogen and oxygen atoms in total. The number of H-pyrrole nitrogens is 2. The number of imidazole rings is 1. The Bertz CT molecular complexity index is 1070. The molecule has 1 aromatic carbocycles. The summed E-state index contributed by atoms with van der Waals surface area (Å²) in [5, 5.41) is 2.42. The number of halogens is 3. The standard InChI is InChI=1S/C18H17Cl3N6/c19-10-7-11(20)15-13(8-10)24-14(16(15)21)9-27(6-2-4-22)18-25-12-3-1-5-23-17(12)26-18/h1,3,5,7-8,24H,2,4,6,9,22H2,(H,23,25,26). The van der Waals surface area contributed by atoms with Crippen LogP contribution in [0.1, 0.15) is 12.1 Å². The van der Waals surface area contributed by atoms with Gasteiger partial charge in [-0.05, 0) is 37.2 Å². The maximum absolute atomic E-state index is 6.61. The molecule has 0 aliphatic heterocycles. The second-order valence-electron chi connectivity index (χ2n) is 6.23. The lowest BCUT2D eigenvalue weighted by Gasteiger charge is -2.21. The molecular formula is C18H17Cl3N6. The zero-order valence-corrected chi connectivity index (χ0v) is 16.5. The molecule has 4 aromatic rings. The summed E-state index contributed by atoms with van der Waals surface area (Å²) in [5.41, 5.74) is 8.90. The minimum Gasteiger partial charge on any atom is -0.356 e. The molecule has 0 bridgehead atoms. The van der Waals surface area contributed by atoms with Crippen molar-refractivity contribution in [2.45, 2.75) is 13.0 Å². The summed E-state index contributed by atoms with van der Waals surface area (Å²) in [7, 11) is 0. The van der Waals surface area contributed by atoms with Gasteiger partial charge < -0.3 is 20.6 Å². The van der Waals surface area contributed by atoms with Gasteiger partial charge in [0.15, 0.2) is 5.65 Å². The van der Waals surface area contributed by atoms with Gasteiger partial charge >= 0.3 is 0 Å². The first-order valence-electron chi connectivity index (χ1n) is 8.47. The number of hydrogen-bond acceptors (Lipinski definition) is 4. The van der Waals surface area contributed by atoms with Gasteiger partial charge in [-0.1, -0.05) is 34.8 Å². The average Bonchev–Trinajstić information content (AvgIpc) is 3.19. The van der Waals surface area contributed by atoms with Crippen LogP contribution in [0, 0.1) is 0 Å². The highest BCUT2D eigenvalue weighted by molar-refractivity contribution is 6.44. The van der Waals surface area contributed by atoms with E-state index >= 15 is 0 Å². The maximum atomic E-state index is 6.61. The third-order valence-electron chi connectivity index (χ3n) is 4.35. The van der Waals surface area contributed by atoms with E-state index in [1.165, 1.54) is 0 Å². The minimum absolute atomic E-state index is 0.515. The first kappa shape index (κ1) is 18.4. The van der Waals surface area contributed by atoms with Crippen molar-refractivity contribution in [3.05, 3.63) is 51.2 Å². The monoisotopic (exact) mass is 422 g/mol. The number of anilines is 1. The summed E-state index contributed by atoms with van der Waals surface area (Å²) in [5.74, 6) is 0.719. The van der Waals surface area contributed by atoms with Crippen LogP contribution in [0.2, 0.25) is 15.1 Å². The Labute approximate surface area is 170 Å². The molecule has 27 heavy (non-hydrogen) atoms. The number of fused-ring (bicyclic) bond motifs is 2. The molecule has 0 unspecified atom stereocenters. The molecule has 0 aliphatic rings. The lowest BCUT2D eigenvalue weighted by atomic mass is 10.2. The van der Waals surface area contributed by atoms with E-state index in [9.17, 15) is 0 Å². The molecule has 0 spiro atoms. The lowest BCUT2D eigenvalue weighted by molar-refractivity contribution is 0.713. The Morgan fingerprint density at radius 1 is 1.11 bits per heavy atom. The molecule has 4 rings (SSSR count). The highest BCUT2D eigenvalue weighted by atomic mass is 35.5. The zero-order chi connectivity index (χ0) is 19.0. The molecule has 0 fully saturated rings. The van der Waals surface area contributed by atoms with Crippen molar-refractivity contribution in [3.8, 4) is 0 Å². The van der Waals surface area contributed by atoms with Gasteiger partial charge in [-0.25, -0.2) is 4.98 Å². The predicted molar refractivity (Wildman–Crippen MR) is 112 cm³/mol. The van der Waals surface area contributed by atoms with Crippen molar-refractivity contribution < 1.29 is 0 Å². The summed E-state index contributed by atoms with van der Waals surface area (Å²) < 4.78 is 0. The SMILES string of the molecule is NCCCN(Cc1[nH]c2cc(Cl)cc(Cl)c2c1Cl)c1nc2ncccc2[nH]1. The smallest absolute Gasteiger partial charge is 0.205 e. The van der Waals surface area contributed by atoms with Crippen LogP contribution in [-0.2, 0) is 6.54 Å². The van der Waals surface area contributed by atoms with E-state index in [2.05, 4.69) is 24.8 Å². The first-order chi connectivity index (χ1) is 13.1. The molecule has 0 atom stereocenters. The van der Waals surface area contributed by atoms with Gasteiger partial charge in [-0.2, -0.15) is 4.98 Å². The number of nitrogens with two attached hydrogens (primary N) is 1. The van der Waals surface area contributed by atoms with Gasteiger partial charge in [-0.3, -0.25) is 0 Å². The molecule has 3 aromatic heterocycles. The van der Waals surface area contributed by atoms with Gasteiger partial charge in [0.1, 0.15) is 0 Å². The lowest BCUT2D eigenvalue weighted by Crippen LogP contribution is -2.27. The third kappa shape index (κ3) is 3.58. The van der Waals surface area contributed by atoms with E-state index in [1.54, 1.807) is 12.3 Å². The Balaban J connectivity index is 1.72. The third-order valence-corrected chi connectivity index (χ3v) is 5.28. The first-order valence-corrected chi connectivity index (χ1v) is 9.61. The van der Waals surface area contributed by atoms with E-state index in [0.29, 0.717) is 33.8 Å². The Morgan fingerprint density at radius 2 is 1.96 bits per heavy atom. The number of nitrogens with zero attached hydrogens (tertiary/aromatic N) is 3. The summed E-state index contributed by atoms with van der Waals surface area (Å²) in [4.78, 5) is 17.6. The summed E-state index contributed by atoms with van der Waals surface area (Å²) in [6.07, 6.45) is 2.53. The second-order valence-corrected chi connectivity index (χ2v) is 7.45. The largest absolute Gasteiger partial charge is 0.356 e. The molecule has 0 radical (unpaired) electrons. The quantitative estimate of drug-likeness (QED) is 0.417. The fourth-order valence-corrected chi connectivity index (χ4v) is 4.03. The number of rotatable bonds is 6. The van der Waals surface area contributed by atoms with E-state index in [0.717, 1.165) is 41.0 Å². The molecule has 9 heteroatoms. The van der Waals surface area contributed by atoms with Crippen molar-refractivity contribution in [1.29, 1.82) is 0 Å². The van der Waals surface area contributed by atoms with Gasteiger partial charge in [0.2, 0.25) is 5.95 Å². The molecule has 0 aliphatic carbocycles. The Morgan fingerprint density at radius 3 is 2.74 bits per heavy atom. The van der Waals surface area contributed by atoms with Crippen LogP contribution in [0.15, 0.2) is 30.5 Å². The summed E-state index contributed by atoms with van der Waals surface area (Å²) in [6.45, 7) is 1.81. The number of hydrogen-bond donors (Lipinski definition) is 3. The fraction of sp³-hybridized carbons (Fsp3) is 0.222. The minimum atomic E-state index is 0.515. The summed E-state index contributed by atoms with van der Waals surface area (Å²) in [6, 6.07) is 7.31. The highest BCUT2D eigenvalue weighted by Crippen LogP contribution is 2.36. The van der Waals surface area contributed by atoms with Crippen molar-refractivity contribution in [3.63, 3.8) is 0 Å². The highest BCUT2D eigenvalue weighted by Gasteiger charge is 2.18. The zero-order valence-electron chi connectivity index (χ0n) is 14.3. The second kappa shape index (κ2) is 7.56. The molecule has 0 saturated carbocycles. The van der Waals surface area contributed by atoms with Gasteiger partial charge in [-0.15, -0.1) is 0 Å². The van der Waals surface area contributed by atoms with Crippen LogP contribution in [0.25, 0.3) is 22.1 Å². The fourth-order valence-electron chi connectivity index (χ4n) is 3.09. The van der Waals surface area contributed by atoms with E-state index in [4.69, 9.17) is 40.5 Å². The molecule has 0 amide bonds. The Hall–Kier alpha value is -1.99. The molecule has 3 heterocycles. The van der Waals surface area contributed by atoms with Crippen LogP contribution < -0.4 is 10.6 Å². The van der Waals surface area contributed by atoms with Crippen molar-refractivity contribution in [2.24, 2.45) is 5.73 Å². The topological polar surface area (TPSA) is 86.6 Å². The van der Waals surface area contributed by atoms with Gasteiger partial charge in [0, 0.05) is 23.2 Å². The van der Waals surface area contributed by atoms with E-state index < -0.39 is 0 Å². The van der Waals surface area contributed by atoms with Crippen molar-refractivity contribution in [1.82, 2.24) is 19.9 Å². The normalized spacial score (nSPS) is 11.6. The van der Waals surface area contributed by atoms with Crippen LogP contribution in [0.5, 0.6) is 0 Å². The number of aromatic amines is 2. The summed E-state index contributed by atoms with van der Waals surface area (Å²) >= 11 is 19.0. The van der Waals surface area contributed by atoms with E-state index in [1.807, 2.05) is 18.2 Å². The average molecular weight is 424 g/mol. The number of aromatic nitrogens is 4. The number of benzene rings is 1. The van der Waals surface area contributed by atoms with Crippen LogP contribution >= 0.6 is 34.8 Å². The molecule has 140 valence electrons. The molecule has 4 N–H and O–H groups in total. The molecular weight excluding hydrogens is 407 g/mol. The van der Waals surface area contributed by atoms with Crippen LogP contribution in [-0.4, -0.2) is 33.0 Å². The van der Waals surface area contributed by atoms with Crippen molar-refractivity contribution >= 4 is 62.8 Å².